The lowest BCUT2D eigenvalue weighted by molar-refractivity contribution is 0.465. The summed E-state index contributed by atoms with van der Waals surface area (Å²) in [5, 5.41) is 3.27. The molecule has 0 bridgehead atoms. The maximum absolute atomic E-state index is 5.91. The smallest absolute Gasteiger partial charge is 0.265 e. The van der Waals surface area contributed by atoms with Gasteiger partial charge < -0.3 is 10.1 Å². The lowest BCUT2D eigenvalue weighted by Gasteiger charge is -2.10. The summed E-state index contributed by atoms with van der Waals surface area (Å²) in [6.45, 7) is 2.99. The van der Waals surface area contributed by atoms with Crippen LogP contribution >= 0.6 is 22.6 Å². The quantitative estimate of drug-likeness (QED) is 0.666. The molecule has 0 fully saturated rings. The fourth-order valence-corrected chi connectivity index (χ4v) is 2.47. The van der Waals surface area contributed by atoms with E-state index in [9.17, 15) is 0 Å². The van der Waals surface area contributed by atoms with Crippen LogP contribution in [0.25, 0.3) is 5.65 Å². The average Bonchev–Trinajstić information content (AvgIpc) is 2.94. The van der Waals surface area contributed by atoms with Crippen LogP contribution in [0.3, 0.4) is 0 Å². The van der Waals surface area contributed by atoms with E-state index in [1.807, 2.05) is 41.1 Å². The molecule has 1 aromatic carbocycles. The molecule has 5 nitrogen and oxygen atoms in total. The standard InChI is InChI=1S/C15H15IN4O/c1-2-6-17-13-10-20-8-7-18-14(20)15(19-13)21-12-5-3-4-11(16)9-12/h3-5,7-10,17H,2,6H2,1H3. The molecule has 0 aliphatic heterocycles. The summed E-state index contributed by atoms with van der Waals surface area (Å²) in [5.41, 5.74) is 0.705. The van der Waals surface area contributed by atoms with Crippen LogP contribution < -0.4 is 10.1 Å². The van der Waals surface area contributed by atoms with Gasteiger partial charge >= 0.3 is 0 Å². The second kappa shape index (κ2) is 6.30. The van der Waals surface area contributed by atoms with Gasteiger partial charge in [0.1, 0.15) is 11.6 Å². The highest BCUT2D eigenvalue weighted by Crippen LogP contribution is 2.26. The van der Waals surface area contributed by atoms with Crippen LogP contribution in [0.4, 0.5) is 5.82 Å². The Kier molecular flexibility index (Phi) is 4.23. The number of benzene rings is 1. The molecule has 0 radical (unpaired) electrons. The van der Waals surface area contributed by atoms with Crippen molar-refractivity contribution in [1.82, 2.24) is 14.4 Å². The Morgan fingerprint density at radius 2 is 2.29 bits per heavy atom. The number of anilines is 1. The molecule has 0 aliphatic carbocycles. The number of nitrogens with one attached hydrogen (secondary N) is 1. The number of rotatable bonds is 5. The van der Waals surface area contributed by atoms with E-state index in [4.69, 9.17) is 4.74 Å². The molecule has 1 N–H and O–H groups in total. The Hall–Kier alpha value is -1.83. The molecule has 0 spiro atoms. The van der Waals surface area contributed by atoms with E-state index in [1.54, 1.807) is 6.20 Å². The molecule has 0 aliphatic rings. The van der Waals surface area contributed by atoms with E-state index < -0.39 is 0 Å². The largest absolute Gasteiger partial charge is 0.436 e. The third-order valence-electron chi connectivity index (χ3n) is 2.91. The van der Waals surface area contributed by atoms with E-state index >= 15 is 0 Å². The molecule has 3 rings (SSSR count). The lowest BCUT2D eigenvalue weighted by atomic mass is 10.3. The zero-order valence-electron chi connectivity index (χ0n) is 11.6. The minimum atomic E-state index is 0.503. The van der Waals surface area contributed by atoms with E-state index in [0.29, 0.717) is 11.5 Å². The second-order valence-corrected chi connectivity index (χ2v) is 5.82. The molecule has 2 heterocycles. The Labute approximate surface area is 136 Å². The zero-order valence-corrected chi connectivity index (χ0v) is 13.7. The monoisotopic (exact) mass is 394 g/mol. The van der Waals surface area contributed by atoms with Gasteiger partial charge in [-0.1, -0.05) is 13.0 Å². The second-order valence-electron chi connectivity index (χ2n) is 4.58. The Balaban J connectivity index is 1.97. The average molecular weight is 394 g/mol. The van der Waals surface area contributed by atoms with Crippen molar-refractivity contribution in [3.63, 3.8) is 0 Å². The van der Waals surface area contributed by atoms with Crippen molar-refractivity contribution < 1.29 is 4.74 Å². The third-order valence-corrected chi connectivity index (χ3v) is 3.58. The lowest BCUT2D eigenvalue weighted by Crippen LogP contribution is -2.05. The molecule has 0 saturated heterocycles. The Bertz CT molecular complexity index is 756. The van der Waals surface area contributed by atoms with E-state index in [0.717, 1.165) is 28.1 Å². The number of fused-ring (bicyclic) bond motifs is 1. The van der Waals surface area contributed by atoms with Crippen molar-refractivity contribution in [2.24, 2.45) is 0 Å². The van der Waals surface area contributed by atoms with Crippen LogP contribution in [-0.2, 0) is 0 Å². The van der Waals surface area contributed by atoms with Crippen LogP contribution in [0.2, 0.25) is 0 Å². The topological polar surface area (TPSA) is 51.5 Å². The van der Waals surface area contributed by atoms with Crippen molar-refractivity contribution in [2.45, 2.75) is 13.3 Å². The van der Waals surface area contributed by atoms with Crippen molar-refractivity contribution in [2.75, 3.05) is 11.9 Å². The molecule has 2 aromatic heterocycles. The van der Waals surface area contributed by atoms with Crippen LogP contribution in [0.15, 0.2) is 42.9 Å². The first-order chi connectivity index (χ1) is 10.3. The Morgan fingerprint density at radius 3 is 3.10 bits per heavy atom. The van der Waals surface area contributed by atoms with Crippen molar-refractivity contribution in [1.29, 1.82) is 0 Å². The predicted octanol–water partition coefficient (Wildman–Crippen LogP) is 3.95. The highest BCUT2D eigenvalue weighted by atomic mass is 127. The summed E-state index contributed by atoms with van der Waals surface area (Å²) in [6, 6.07) is 7.85. The summed E-state index contributed by atoms with van der Waals surface area (Å²) in [7, 11) is 0. The van der Waals surface area contributed by atoms with E-state index in [2.05, 4.69) is 44.8 Å². The fourth-order valence-electron chi connectivity index (χ4n) is 1.95. The molecule has 0 amide bonds. The predicted molar refractivity (Wildman–Crippen MR) is 91.0 cm³/mol. The number of aromatic nitrogens is 3. The molecule has 0 saturated carbocycles. The highest BCUT2D eigenvalue weighted by molar-refractivity contribution is 14.1. The first-order valence-electron chi connectivity index (χ1n) is 6.77. The summed E-state index contributed by atoms with van der Waals surface area (Å²) >= 11 is 2.26. The first-order valence-corrected chi connectivity index (χ1v) is 7.85. The maximum atomic E-state index is 5.91. The van der Waals surface area contributed by atoms with Crippen LogP contribution in [-0.4, -0.2) is 20.9 Å². The van der Waals surface area contributed by atoms with Gasteiger partial charge in [-0.05, 0) is 47.2 Å². The van der Waals surface area contributed by atoms with E-state index in [-0.39, 0.29) is 0 Å². The van der Waals surface area contributed by atoms with Gasteiger partial charge in [-0.25, -0.2) is 4.98 Å². The zero-order chi connectivity index (χ0) is 14.7. The molecule has 6 heteroatoms. The molecule has 21 heavy (non-hydrogen) atoms. The van der Waals surface area contributed by atoms with Gasteiger partial charge in [0.15, 0.2) is 0 Å². The molecular formula is C15H15IN4O. The number of ether oxygens (including phenoxy) is 1. The number of hydrogen-bond acceptors (Lipinski definition) is 4. The van der Waals surface area contributed by atoms with Gasteiger partial charge in [0.2, 0.25) is 5.65 Å². The van der Waals surface area contributed by atoms with Crippen molar-refractivity contribution >= 4 is 34.1 Å². The first kappa shape index (κ1) is 14.1. The molecule has 3 aromatic rings. The maximum Gasteiger partial charge on any atom is 0.265 e. The molecule has 0 unspecified atom stereocenters. The van der Waals surface area contributed by atoms with Crippen molar-refractivity contribution in [3.05, 3.63) is 46.4 Å². The molecule has 0 atom stereocenters. The molecule has 108 valence electrons. The highest BCUT2D eigenvalue weighted by Gasteiger charge is 2.10. The van der Waals surface area contributed by atoms with Gasteiger partial charge in [-0.3, -0.25) is 4.40 Å². The number of imidazole rings is 1. The van der Waals surface area contributed by atoms with Gasteiger partial charge in [0.25, 0.3) is 5.88 Å². The molecular weight excluding hydrogens is 379 g/mol. The Morgan fingerprint density at radius 1 is 1.38 bits per heavy atom. The van der Waals surface area contributed by atoms with Gasteiger partial charge in [0, 0.05) is 22.5 Å². The number of halogens is 1. The summed E-state index contributed by atoms with van der Waals surface area (Å²) in [5.74, 6) is 2.04. The van der Waals surface area contributed by atoms with Crippen LogP contribution in [0.5, 0.6) is 11.6 Å². The van der Waals surface area contributed by atoms with Crippen molar-refractivity contribution in [3.8, 4) is 11.6 Å². The third kappa shape index (κ3) is 3.26. The van der Waals surface area contributed by atoms with Gasteiger partial charge in [-0.15, -0.1) is 0 Å². The van der Waals surface area contributed by atoms with Gasteiger partial charge in [-0.2, -0.15) is 4.98 Å². The summed E-state index contributed by atoms with van der Waals surface area (Å²) in [4.78, 5) is 8.82. The number of hydrogen-bond donors (Lipinski definition) is 1. The number of nitrogens with zero attached hydrogens (tertiary/aromatic N) is 3. The van der Waals surface area contributed by atoms with Crippen LogP contribution in [0.1, 0.15) is 13.3 Å². The van der Waals surface area contributed by atoms with E-state index in [1.165, 1.54) is 0 Å². The summed E-state index contributed by atoms with van der Waals surface area (Å²) < 4.78 is 8.94. The minimum Gasteiger partial charge on any atom is -0.436 e. The minimum absolute atomic E-state index is 0.503. The fraction of sp³-hybridized carbons (Fsp3) is 0.200. The van der Waals surface area contributed by atoms with Crippen LogP contribution in [0, 0.1) is 3.57 Å². The normalized spacial score (nSPS) is 10.8. The summed E-state index contributed by atoms with van der Waals surface area (Å²) in [6.07, 6.45) is 6.58. The van der Waals surface area contributed by atoms with Gasteiger partial charge in [0.05, 0.1) is 6.20 Å². The SMILES string of the molecule is CCCNc1cn2ccnc2c(Oc2cccc(I)c2)n1.